The summed E-state index contributed by atoms with van der Waals surface area (Å²) in [6.45, 7) is 0.369. The number of hydrogen-bond donors (Lipinski definition) is 2. The third-order valence-corrected chi connectivity index (χ3v) is 3.79. The van der Waals surface area contributed by atoms with Gasteiger partial charge in [-0.1, -0.05) is 12.1 Å². The molecule has 0 unspecified atom stereocenters. The number of benzene rings is 1. The van der Waals surface area contributed by atoms with E-state index in [1.54, 1.807) is 18.6 Å². The molecule has 0 fully saturated rings. The van der Waals surface area contributed by atoms with Crippen molar-refractivity contribution in [1.82, 2.24) is 5.32 Å². The Kier molecular flexibility index (Phi) is 5.37. The van der Waals surface area contributed by atoms with E-state index in [2.05, 4.69) is 15.4 Å². The Balaban J connectivity index is 1.90. The number of ether oxygens (including phenoxy) is 2. The van der Waals surface area contributed by atoms with E-state index in [-0.39, 0.29) is 6.03 Å². The van der Waals surface area contributed by atoms with Gasteiger partial charge in [0.15, 0.2) is 0 Å². The number of rotatable bonds is 5. The van der Waals surface area contributed by atoms with E-state index in [1.807, 2.05) is 24.3 Å². The van der Waals surface area contributed by atoms with Crippen LogP contribution < -0.4 is 15.4 Å². The first-order valence-electron chi connectivity index (χ1n) is 6.47. The Hall–Kier alpha value is -2.54. The van der Waals surface area contributed by atoms with E-state index >= 15 is 0 Å². The number of carbonyl (C=O) groups is 2. The predicted octanol–water partition coefficient (Wildman–Crippen LogP) is 2.87. The highest BCUT2D eigenvalue weighted by molar-refractivity contribution is 7.12. The number of nitrogens with one attached hydrogen (secondary N) is 2. The molecule has 0 radical (unpaired) electrons. The van der Waals surface area contributed by atoms with Crippen molar-refractivity contribution in [2.75, 3.05) is 19.5 Å². The van der Waals surface area contributed by atoms with E-state index in [1.165, 1.54) is 18.4 Å². The van der Waals surface area contributed by atoms with E-state index in [0.717, 1.165) is 11.3 Å². The zero-order chi connectivity index (χ0) is 15.9. The van der Waals surface area contributed by atoms with Gasteiger partial charge in [-0.3, -0.25) is 0 Å². The molecular weight excluding hydrogens is 304 g/mol. The Morgan fingerprint density at radius 2 is 1.86 bits per heavy atom. The lowest BCUT2D eigenvalue weighted by Crippen LogP contribution is -2.28. The molecule has 1 aromatic heterocycles. The van der Waals surface area contributed by atoms with E-state index in [0.29, 0.717) is 17.1 Å². The summed E-state index contributed by atoms with van der Waals surface area (Å²) in [5.74, 6) is 0.287. The van der Waals surface area contributed by atoms with Gasteiger partial charge in [-0.25, -0.2) is 9.59 Å². The molecule has 2 N–H and O–H groups in total. The van der Waals surface area contributed by atoms with Crippen molar-refractivity contribution in [3.05, 3.63) is 46.2 Å². The van der Waals surface area contributed by atoms with Crippen LogP contribution in [0.5, 0.6) is 5.75 Å². The van der Waals surface area contributed by atoms with Gasteiger partial charge in [0, 0.05) is 6.54 Å². The normalized spacial score (nSPS) is 9.91. The molecule has 0 bridgehead atoms. The van der Waals surface area contributed by atoms with Crippen LogP contribution in [0.25, 0.3) is 0 Å². The maximum absolute atomic E-state index is 11.9. The monoisotopic (exact) mass is 320 g/mol. The quantitative estimate of drug-likeness (QED) is 0.831. The highest BCUT2D eigenvalue weighted by Gasteiger charge is 2.15. The van der Waals surface area contributed by atoms with Gasteiger partial charge in [0.25, 0.3) is 0 Å². The maximum atomic E-state index is 11.9. The van der Waals surface area contributed by atoms with Crippen LogP contribution in [-0.2, 0) is 11.3 Å². The smallest absolute Gasteiger partial charge is 0.350 e. The Labute approximate surface area is 132 Å². The minimum Gasteiger partial charge on any atom is -0.497 e. The molecule has 7 heteroatoms. The topological polar surface area (TPSA) is 76.7 Å². The third-order valence-electron chi connectivity index (χ3n) is 2.90. The molecule has 0 spiro atoms. The fourth-order valence-corrected chi connectivity index (χ4v) is 2.52. The predicted molar refractivity (Wildman–Crippen MR) is 84.5 cm³/mol. The summed E-state index contributed by atoms with van der Waals surface area (Å²) in [6, 6.07) is 8.64. The number of amides is 2. The van der Waals surface area contributed by atoms with Gasteiger partial charge in [-0.05, 0) is 29.1 Å². The Morgan fingerprint density at radius 3 is 2.50 bits per heavy atom. The first kappa shape index (κ1) is 15.8. The summed E-state index contributed by atoms with van der Waals surface area (Å²) in [4.78, 5) is 23.8. The molecule has 0 atom stereocenters. The van der Waals surface area contributed by atoms with Gasteiger partial charge in [-0.2, -0.15) is 0 Å². The second-order valence-corrected chi connectivity index (χ2v) is 5.23. The number of esters is 1. The van der Waals surface area contributed by atoms with Crippen molar-refractivity contribution in [2.45, 2.75) is 6.54 Å². The Bertz CT molecular complexity index is 652. The fraction of sp³-hybridized carbons (Fsp3) is 0.200. The summed E-state index contributed by atoms with van der Waals surface area (Å²) in [7, 11) is 2.90. The molecule has 0 saturated carbocycles. The summed E-state index contributed by atoms with van der Waals surface area (Å²) < 4.78 is 9.72. The summed E-state index contributed by atoms with van der Waals surface area (Å²) in [5.41, 5.74) is 1.37. The van der Waals surface area contributed by atoms with Crippen molar-refractivity contribution in [3.8, 4) is 5.75 Å². The van der Waals surface area contributed by atoms with Gasteiger partial charge < -0.3 is 20.1 Å². The number of thiophene rings is 1. The largest absolute Gasteiger partial charge is 0.497 e. The van der Waals surface area contributed by atoms with Crippen molar-refractivity contribution in [3.63, 3.8) is 0 Å². The van der Waals surface area contributed by atoms with Crippen LogP contribution in [0.15, 0.2) is 35.7 Å². The van der Waals surface area contributed by atoms with Crippen LogP contribution in [0.2, 0.25) is 0 Å². The molecule has 0 aliphatic carbocycles. The molecule has 6 nitrogen and oxygen atoms in total. The van der Waals surface area contributed by atoms with Crippen LogP contribution in [0.1, 0.15) is 15.2 Å². The average Bonchev–Trinajstić information content (AvgIpc) is 3.00. The van der Waals surface area contributed by atoms with Crippen LogP contribution >= 0.6 is 11.3 Å². The molecule has 116 valence electrons. The summed E-state index contributed by atoms with van der Waals surface area (Å²) in [5, 5.41) is 7.07. The van der Waals surface area contributed by atoms with Crippen LogP contribution in [0.3, 0.4) is 0 Å². The molecule has 2 rings (SSSR count). The van der Waals surface area contributed by atoms with Crippen LogP contribution in [0, 0.1) is 0 Å². The molecule has 2 aromatic rings. The number of anilines is 1. The number of hydrogen-bond acceptors (Lipinski definition) is 5. The zero-order valence-corrected chi connectivity index (χ0v) is 13.0. The number of carbonyl (C=O) groups excluding carboxylic acids is 2. The number of urea groups is 1. The second-order valence-electron chi connectivity index (χ2n) is 4.31. The van der Waals surface area contributed by atoms with E-state index in [9.17, 15) is 9.59 Å². The highest BCUT2D eigenvalue weighted by atomic mass is 32.1. The molecule has 1 aromatic carbocycles. The van der Waals surface area contributed by atoms with Crippen molar-refractivity contribution in [1.29, 1.82) is 0 Å². The van der Waals surface area contributed by atoms with E-state index in [4.69, 9.17) is 4.74 Å². The molecular formula is C15H16N2O4S. The first-order chi connectivity index (χ1) is 10.6. The standard InChI is InChI=1S/C15H16N2O4S/c1-20-11-5-3-10(4-6-11)9-16-15(19)17-12-7-8-22-13(12)14(18)21-2/h3-8H,9H2,1-2H3,(H2,16,17,19). The van der Waals surface area contributed by atoms with Crippen molar-refractivity contribution < 1.29 is 19.1 Å². The highest BCUT2D eigenvalue weighted by Crippen LogP contribution is 2.22. The lowest BCUT2D eigenvalue weighted by molar-refractivity contribution is 0.0607. The Morgan fingerprint density at radius 1 is 1.14 bits per heavy atom. The van der Waals surface area contributed by atoms with Crippen LogP contribution in [-0.4, -0.2) is 26.2 Å². The molecule has 2 amide bonds. The minimum atomic E-state index is -0.472. The first-order valence-corrected chi connectivity index (χ1v) is 7.35. The lowest BCUT2D eigenvalue weighted by atomic mass is 10.2. The van der Waals surface area contributed by atoms with Gasteiger partial charge in [0.05, 0.1) is 19.9 Å². The summed E-state index contributed by atoms with van der Waals surface area (Å²) in [6.07, 6.45) is 0. The van der Waals surface area contributed by atoms with Gasteiger partial charge in [0.1, 0.15) is 10.6 Å². The minimum absolute atomic E-state index is 0.363. The van der Waals surface area contributed by atoms with Gasteiger partial charge in [0.2, 0.25) is 0 Å². The third kappa shape index (κ3) is 3.98. The lowest BCUT2D eigenvalue weighted by Gasteiger charge is -2.08. The summed E-state index contributed by atoms with van der Waals surface area (Å²) >= 11 is 1.21. The zero-order valence-electron chi connectivity index (χ0n) is 12.2. The number of methoxy groups -OCH3 is 2. The van der Waals surface area contributed by atoms with E-state index < -0.39 is 5.97 Å². The molecule has 0 aliphatic heterocycles. The second kappa shape index (κ2) is 7.46. The van der Waals surface area contributed by atoms with Crippen molar-refractivity contribution >= 4 is 29.0 Å². The van der Waals surface area contributed by atoms with Gasteiger partial charge in [-0.15, -0.1) is 11.3 Å². The maximum Gasteiger partial charge on any atom is 0.350 e. The average molecular weight is 320 g/mol. The fourth-order valence-electron chi connectivity index (χ4n) is 1.75. The SMILES string of the molecule is COC(=O)c1sccc1NC(=O)NCc1ccc(OC)cc1. The van der Waals surface area contributed by atoms with Crippen molar-refractivity contribution in [2.24, 2.45) is 0 Å². The van der Waals surface area contributed by atoms with Gasteiger partial charge >= 0.3 is 12.0 Å². The van der Waals surface area contributed by atoms with Crippen LogP contribution in [0.4, 0.5) is 10.5 Å². The molecule has 0 aliphatic rings. The molecule has 22 heavy (non-hydrogen) atoms. The molecule has 0 saturated heterocycles. The molecule has 1 heterocycles.